The van der Waals surface area contributed by atoms with Crippen LogP contribution in [-0.2, 0) is 19.1 Å². The van der Waals surface area contributed by atoms with Gasteiger partial charge in [-0.3, -0.25) is 24.3 Å². The van der Waals surface area contributed by atoms with E-state index in [9.17, 15) is 19.2 Å². The lowest BCUT2D eigenvalue weighted by Crippen LogP contribution is -2.34. The molecule has 2 aromatic rings. The first kappa shape index (κ1) is 16.1. The number of aromatic amines is 1. The van der Waals surface area contributed by atoms with Crippen LogP contribution in [0.15, 0.2) is 24.5 Å². The minimum atomic E-state index is -1.80. The highest BCUT2D eigenvalue weighted by Gasteiger charge is 2.38. The van der Waals surface area contributed by atoms with Crippen molar-refractivity contribution >= 4 is 23.6 Å². The summed E-state index contributed by atoms with van der Waals surface area (Å²) >= 11 is 0. The number of Topliss-reactive ketones (excluding diaryl/α,β-unsaturated/α-hetero) is 1. The lowest BCUT2D eigenvalue weighted by atomic mass is 10.0. The van der Waals surface area contributed by atoms with E-state index in [2.05, 4.69) is 24.8 Å². The molecule has 0 radical (unpaired) electrons. The summed E-state index contributed by atoms with van der Waals surface area (Å²) in [4.78, 5) is 47.5. The van der Waals surface area contributed by atoms with Gasteiger partial charge in [0.1, 0.15) is 11.4 Å². The summed E-state index contributed by atoms with van der Waals surface area (Å²) < 4.78 is 9.71. The molecule has 2 rings (SSSR count). The van der Waals surface area contributed by atoms with Crippen LogP contribution in [-0.4, -0.2) is 57.8 Å². The van der Waals surface area contributed by atoms with Gasteiger partial charge in [-0.2, -0.15) is 10.2 Å². The van der Waals surface area contributed by atoms with Gasteiger partial charge < -0.3 is 9.47 Å². The van der Waals surface area contributed by atoms with E-state index < -0.39 is 29.5 Å². The van der Waals surface area contributed by atoms with Crippen LogP contribution in [0.3, 0.4) is 0 Å². The lowest BCUT2D eigenvalue weighted by Gasteiger charge is -2.09. The number of rotatable bonds is 5. The Morgan fingerprint density at radius 1 is 1.13 bits per heavy atom. The number of hydrogen-bond donors (Lipinski definition) is 1. The Labute approximate surface area is 129 Å². The van der Waals surface area contributed by atoms with E-state index in [1.165, 1.54) is 24.5 Å². The van der Waals surface area contributed by atoms with Crippen LogP contribution in [0.1, 0.15) is 21.0 Å². The Bertz CT molecular complexity index is 732. The number of ether oxygens (including phenoxy) is 2. The molecule has 10 nitrogen and oxygen atoms in total. The molecule has 0 saturated carbocycles. The number of nitrogens with zero attached hydrogens (tertiary/aromatic N) is 3. The van der Waals surface area contributed by atoms with Gasteiger partial charge in [0.25, 0.3) is 5.91 Å². The molecule has 0 saturated heterocycles. The standard InChI is InChI=1S/C13H12N4O6/c1-22-12(20)9(13(21)23-2)10(18)7-4-6-17(16-7)11(19)8-3-5-14-15-8/h3-6,9H,1-2H3,(H,14,15). The SMILES string of the molecule is COC(=O)C(C(=O)OC)C(=O)c1ccn(C(=O)c2ccn[nH]2)n1. The van der Waals surface area contributed by atoms with Gasteiger partial charge in [-0.1, -0.05) is 0 Å². The molecule has 0 atom stereocenters. The van der Waals surface area contributed by atoms with Crippen molar-refractivity contribution in [3.8, 4) is 0 Å². The number of aromatic nitrogens is 4. The van der Waals surface area contributed by atoms with E-state index in [0.717, 1.165) is 18.9 Å². The highest BCUT2D eigenvalue weighted by atomic mass is 16.5. The Hall–Kier alpha value is -3.30. The molecule has 10 heteroatoms. The number of hydrogen-bond acceptors (Lipinski definition) is 8. The Balaban J connectivity index is 2.27. The van der Waals surface area contributed by atoms with Crippen molar-refractivity contribution in [1.29, 1.82) is 0 Å². The number of carbonyl (C=O) groups is 4. The summed E-state index contributed by atoms with van der Waals surface area (Å²) in [6.07, 6.45) is 2.61. The molecule has 0 fully saturated rings. The van der Waals surface area contributed by atoms with Crippen molar-refractivity contribution in [3.05, 3.63) is 35.9 Å². The third-order valence-corrected chi connectivity index (χ3v) is 2.92. The predicted octanol–water partition coefficient (Wildman–Crippen LogP) is -0.560. The maximum Gasteiger partial charge on any atom is 0.328 e. The molecule has 0 aliphatic heterocycles. The molecule has 120 valence electrons. The number of ketones is 1. The Morgan fingerprint density at radius 3 is 2.30 bits per heavy atom. The predicted molar refractivity (Wildman–Crippen MR) is 72.4 cm³/mol. The van der Waals surface area contributed by atoms with Crippen LogP contribution in [0.25, 0.3) is 0 Å². The summed E-state index contributed by atoms with van der Waals surface area (Å²) in [6, 6.07) is 2.63. The summed E-state index contributed by atoms with van der Waals surface area (Å²) in [5.41, 5.74) is -0.0942. The zero-order valence-electron chi connectivity index (χ0n) is 12.2. The zero-order chi connectivity index (χ0) is 17.0. The number of esters is 2. The monoisotopic (exact) mass is 320 g/mol. The number of carbonyl (C=O) groups excluding carboxylic acids is 4. The molecule has 0 unspecified atom stereocenters. The fourth-order valence-electron chi connectivity index (χ4n) is 1.76. The van der Waals surface area contributed by atoms with Crippen LogP contribution in [0.2, 0.25) is 0 Å². The van der Waals surface area contributed by atoms with E-state index in [-0.39, 0.29) is 11.4 Å². The Kier molecular flexibility index (Phi) is 4.64. The van der Waals surface area contributed by atoms with Gasteiger partial charge in [-0.15, -0.1) is 0 Å². The molecule has 1 N–H and O–H groups in total. The molecule has 0 aliphatic rings. The van der Waals surface area contributed by atoms with Crippen molar-refractivity contribution < 1.29 is 28.7 Å². The highest BCUT2D eigenvalue weighted by molar-refractivity contribution is 6.20. The molecule has 2 aromatic heterocycles. The first-order valence-corrected chi connectivity index (χ1v) is 6.29. The van der Waals surface area contributed by atoms with E-state index in [1.54, 1.807) is 0 Å². The summed E-state index contributed by atoms with van der Waals surface area (Å²) in [6.45, 7) is 0. The van der Waals surface area contributed by atoms with Crippen LogP contribution in [0, 0.1) is 5.92 Å². The molecular weight excluding hydrogens is 308 g/mol. The van der Waals surface area contributed by atoms with Crippen molar-refractivity contribution in [3.63, 3.8) is 0 Å². The first-order chi connectivity index (χ1) is 11.0. The molecule has 0 spiro atoms. The van der Waals surface area contributed by atoms with E-state index in [0.29, 0.717) is 0 Å². The van der Waals surface area contributed by atoms with Crippen LogP contribution in [0.4, 0.5) is 0 Å². The molecule has 0 aromatic carbocycles. The topological polar surface area (TPSA) is 133 Å². The second-order valence-corrected chi connectivity index (χ2v) is 4.26. The van der Waals surface area contributed by atoms with Crippen molar-refractivity contribution in [1.82, 2.24) is 20.0 Å². The van der Waals surface area contributed by atoms with Gasteiger partial charge >= 0.3 is 11.9 Å². The smallest absolute Gasteiger partial charge is 0.328 e. The number of nitrogens with one attached hydrogen (secondary N) is 1. The van der Waals surface area contributed by atoms with Gasteiger partial charge in [0.2, 0.25) is 11.7 Å². The van der Waals surface area contributed by atoms with E-state index in [1.807, 2.05) is 0 Å². The summed E-state index contributed by atoms with van der Waals surface area (Å²) in [5, 5.41) is 9.86. The maximum atomic E-state index is 12.3. The fraction of sp³-hybridized carbons (Fsp3) is 0.231. The van der Waals surface area contributed by atoms with E-state index in [4.69, 9.17) is 0 Å². The van der Waals surface area contributed by atoms with Gasteiger partial charge in [-0.05, 0) is 12.1 Å². The minimum absolute atomic E-state index is 0.157. The highest BCUT2D eigenvalue weighted by Crippen LogP contribution is 2.12. The number of methoxy groups -OCH3 is 2. The minimum Gasteiger partial charge on any atom is -0.468 e. The Morgan fingerprint density at radius 2 is 1.78 bits per heavy atom. The van der Waals surface area contributed by atoms with Crippen molar-refractivity contribution in [2.24, 2.45) is 5.92 Å². The van der Waals surface area contributed by atoms with Gasteiger partial charge in [0.05, 0.1) is 14.2 Å². The molecule has 2 heterocycles. The quantitative estimate of drug-likeness (QED) is 0.440. The maximum absolute atomic E-state index is 12.3. The van der Waals surface area contributed by atoms with Gasteiger partial charge in [0, 0.05) is 12.4 Å². The third kappa shape index (κ3) is 3.15. The molecular formula is C13H12N4O6. The van der Waals surface area contributed by atoms with Crippen LogP contribution in [0.5, 0.6) is 0 Å². The summed E-state index contributed by atoms with van der Waals surface area (Å²) in [5.74, 6) is -5.43. The molecule has 23 heavy (non-hydrogen) atoms. The van der Waals surface area contributed by atoms with E-state index >= 15 is 0 Å². The normalized spacial score (nSPS) is 10.4. The van der Waals surface area contributed by atoms with Gasteiger partial charge in [0.15, 0.2) is 0 Å². The van der Waals surface area contributed by atoms with Crippen molar-refractivity contribution in [2.45, 2.75) is 0 Å². The average Bonchev–Trinajstić information content (AvgIpc) is 3.25. The molecule has 0 amide bonds. The summed E-state index contributed by atoms with van der Waals surface area (Å²) in [7, 11) is 2.07. The third-order valence-electron chi connectivity index (χ3n) is 2.92. The van der Waals surface area contributed by atoms with Crippen molar-refractivity contribution in [2.75, 3.05) is 14.2 Å². The first-order valence-electron chi connectivity index (χ1n) is 6.29. The van der Waals surface area contributed by atoms with Gasteiger partial charge in [-0.25, -0.2) is 4.68 Å². The molecule has 0 aliphatic carbocycles. The fourth-order valence-corrected chi connectivity index (χ4v) is 1.76. The average molecular weight is 320 g/mol. The lowest BCUT2D eigenvalue weighted by molar-refractivity contribution is -0.155. The zero-order valence-corrected chi connectivity index (χ0v) is 12.2. The second-order valence-electron chi connectivity index (χ2n) is 4.26. The molecule has 0 bridgehead atoms. The van der Waals surface area contributed by atoms with Crippen LogP contribution >= 0.6 is 0 Å². The second kappa shape index (κ2) is 6.64. The van der Waals surface area contributed by atoms with Crippen LogP contribution < -0.4 is 0 Å². The largest absolute Gasteiger partial charge is 0.468 e. The number of H-pyrrole nitrogens is 1.